The van der Waals surface area contributed by atoms with E-state index in [1.165, 1.54) is 51.4 Å². The van der Waals surface area contributed by atoms with Gasteiger partial charge in [0.2, 0.25) is 0 Å². The Kier molecular flexibility index (Phi) is 13.5. The van der Waals surface area contributed by atoms with Crippen molar-refractivity contribution in [1.29, 1.82) is 0 Å². The molecule has 22 heavy (non-hydrogen) atoms. The maximum absolute atomic E-state index is 11.5. The van der Waals surface area contributed by atoms with Gasteiger partial charge in [0, 0.05) is 0 Å². The Balaban J connectivity index is 0. The molecule has 1 atom stereocenters. The highest BCUT2D eigenvalue weighted by molar-refractivity contribution is 7.87. The SMILES string of the molecule is CCCCCCCCCCCCC(C)(C(C)C)S(=O)(=O)O.N. The van der Waals surface area contributed by atoms with Crippen LogP contribution < -0.4 is 6.15 Å². The lowest BCUT2D eigenvalue weighted by Gasteiger charge is -2.30. The van der Waals surface area contributed by atoms with Crippen molar-refractivity contribution in [3.63, 3.8) is 0 Å². The zero-order valence-corrected chi connectivity index (χ0v) is 16.1. The van der Waals surface area contributed by atoms with Gasteiger partial charge in [-0.15, -0.1) is 0 Å². The van der Waals surface area contributed by atoms with E-state index in [0.717, 1.165) is 12.8 Å². The molecule has 4 nitrogen and oxygen atoms in total. The van der Waals surface area contributed by atoms with Crippen molar-refractivity contribution in [3.8, 4) is 0 Å². The molecule has 0 rings (SSSR count). The molecule has 4 N–H and O–H groups in total. The maximum Gasteiger partial charge on any atom is 0.270 e. The van der Waals surface area contributed by atoms with Crippen LogP contribution in [0.5, 0.6) is 0 Å². The lowest BCUT2D eigenvalue weighted by Crippen LogP contribution is -2.40. The van der Waals surface area contributed by atoms with Crippen LogP contribution in [0.1, 0.15) is 98.3 Å². The summed E-state index contributed by atoms with van der Waals surface area (Å²) in [4.78, 5) is 0. The van der Waals surface area contributed by atoms with Crippen LogP contribution in [-0.4, -0.2) is 17.7 Å². The van der Waals surface area contributed by atoms with Gasteiger partial charge in [-0.1, -0.05) is 85.0 Å². The Bertz CT molecular complexity index is 355. The summed E-state index contributed by atoms with van der Waals surface area (Å²) in [6, 6.07) is 0. The molecule has 0 saturated carbocycles. The van der Waals surface area contributed by atoms with Crippen LogP contribution >= 0.6 is 0 Å². The molecule has 0 bridgehead atoms. The van der Waals surface area contributed by atoms with Crippen molar-refractivity contribution in [1.82, 2.24) is 6.15 Å². The van der Waals surface area contributed by atoms with E-state index in [9.17, 15) is 13.0 Å². The average molecular weight is 338 g/mol. The van der Waals surface area contributed by atoms with Crippen molar-refractivity contribution in [2.75, 3.05) is 0 Å². The van der Waals surface area contributed by atoms with Crippen molar-refractivity contribution >= 4 is 10.1 Å². The van der Waals surface area contributed by atoms with Gasteiger partial charge >= 0.3 is 0 Å². The van der Waals surface area contributed by atoms with E-state index in [2.05, 4.69) is 6.92 Å². The van der Waals surface area contributed by atoms with Gasteiger partial charge in [-0.3, -0.25) is 4.55 Å². The summed E-state index contributed by atoms with van der Waals surface area (Å²) in [6.45, 7) is 7.63. The summed E-state index contributed by atoms with van der Waals surface area (Å²) in [5.41, 5.74) is 0. The third-order valence-corrected chi connectivity index (χ3v) is 6.69. The third-order valence-electron chi connectivity index (χ3n) is 4.84. The normalized spacial score (nSPS) is 14.6. The second kappa shape index (κ2) is 12.3. The predicted molar refractivity (Wildman–Crippen MR) is 96.3 cm³/mol. The molecule has 0 aliphatic rings. The van der Waals surface area contributed by atoms with Crippen LogP contribution in [0, 0.1) is 5.92 Å². The Morgan fingerprint density at radius 1 is 0.864 bits per heavy atom. The Morgan fingerprint density at radius 2 is 1.23 bits per heavy atom. The molecule has 0 aliphatic carbocycles. The monoisotopic (exact) mass is 337 g/mol. The van der Waals surface area contributed by atoms with Crippen LogP contribution in [0.2, 0.25) is 0 Å². The summed E-state index contributed by atoms with van der Waals surface area (Å²) in [7, 11) is -3.97. The minimum atomic E-state index is -3.97. The van der Waals surface area contributed by atoms with Gasteiger partial charge in [-0.25, -0.2) is 0 Å². The van der Waals surface area contributed by atoms with Crippen LogP contribution in [-0.2, 0) is 10.1 Å². The first-order valence-corrected chi connectivity index (χ1v) is 10.2. The quantitative estimate of drug-likeness (QED) is 0.330. The Morgan fingerprint density at radius 3 is 1.55 bits per heavy atom. The molecule has 5 heteroatoms. The molecular weight excluding hydrogens is 298 g/mol. The fourth-order valence-electron chi connectivity index (χ4n) is 2.68. The lowest BCUT2D eigenvalue weighted by atomic mass is 9.91. The van der Waals surface area contributed by atoms with Crippen molar-refractivity contribution in [3.05, 3.63) is 0 Å². The fraction of sp³-hybridized carbons (Fsp3) is 1.00. The Labute approximate surface area is 138 Å². The maximum atomic E-state index is 11.5. The van der Waals surface area contributed by atoms with E-state index in [0.29, 0.717) is 6.42 Å². The topological polar surface area (TPSA) is 89.4 Å². The molecular formula is C17H39NO3S. The number of unbranched alkanes of at least 4 members (excludes halogenated alkanes) is 9. The number of rotatable bonds is 13. The number of hydrogen-bond acceptors (Lipinski definition) is 3. The molecule has 0 fully saturated rings. The van der Waals surface area contributed by atoms with E-state index in [4.69, 9.17) is 0 Å². The van der Waals surface area contributed by atoms with Gasteiger partial charge in [0.1, 0.15) is 0 Å². The summed E-state index contributed by atoms with van der Waals surface area (Å²) in [5, 5.41) is 0. The van der Waals surface area contributed by atoms with Gasteiger partial charge in [0.05, 0.1) is 4.75 Å². The highest BCUT2D eigenvalue weighted by Gasteiger charge is 2.40. The largest absolute Gasteiger partial charge is 0.344 e. The van der Waals surface area contributed by atoms with E-state index < -0.39 is 14.9 Å². The third kappa shape index (κ3) is 9.11. The minimum Gasteiger partial charge on any atom is -0.344 e. The van der Waals surface area contributed by atoms with E-state index in [-0.39, 0.29) is 12.1 Å². The smallest absolute Gasteiger partial charge is 0.270 e. The predicted octanol–water partition coefficient (Wildman–Crippen LogP) is 5.76. The summed E-state index contributed by atoms with van der Waals surface area (Å²) < 4.78 is 31.5. The second-order valence-electron chi connectivity index (χ2n) is 6.87. The first kappa shape index (κ1) is 24.1. The molecule has 0 aliphatic heterocycles. The van der Waals surface area contributed by atoms with E-state index in [1.807, 2.05) is 13.8 Å². The zero-order valence-electron chi connectivity index (χ0n) is 15.2. The van der Waals surface area contributed by atoms with E-state index in [1.54, 1.807) is 6.92 Å². The average Bonchev–Trinajstić information content (AvgIpc) is 2.39. The van der Waals surface area contributed by atoms with Crippen LogP contribution in [0.3, 0.4) is 0 Å². The molecule has 0 aromatic rings. The molecule has 0 saturated heterocycles. The van der Waals surface area contributed by atoms with Crippen molar-refractivity contribution in [2.45, 2.75) is 103 Å². The van der Waals surface area contributed by atoms with Crippen LogP contribution in [0.15, 0.2) is 0 Å². The molecule has 0 amide bonds. The van der Waals surface area contributed by atoms with Gasteiger partial charge in [0.15, 0.2) is 0 Å². The zero-order chi connectivity index (χ0) is 16.4. The second-order valence-corrected chi connectivity index (χ2v) is 8.76. The van der Waals surface area contributed by atoms with Gasteiger partial charge in [-0.05, 0) is 19.3 Å². The highest BCUT2D eigenvalue weighted by atomic mass is 32.2. The first-order chi connectivity index (χ1) is 9.75. The molecule has 0 aromatic carbocycles. The molecule has 0 radical (unpaired) electrons. The lowest BCUT2D eigenvalue weighted by molar-refractivity contribution is 0.348. The Hall–Kier alpha value is -0.130. The fourth-order valence-corrected chi connectivity index (χ4v) is 3.68. The summed E-state index contributed by atoms with van der Waals surface area (Å²) in [5.74, 6) is -0.0638. The first-order valence-electron chi connectivity index (χ1n) is 8.72. The van der Waals surface area contributed by atoms with Crippen LogP contribution in [0.4, 0.5) is 0 Å². The van der Waals surface area contributed by atoms with Gasteiger partial charge in [0.25, 0.3) is 10.1 Å². The van der Waals surface area contributed by atoms with Crippen LogP contribution in [0.25, 0.3) is 0 Å². The molecule has 0 spiro atoms. The molecule has 0 heterocycles. The molecule has 136 valence electrons. The summed E-state index contributed by atoms with van der Waals surface area (Å²) in [6.07, 6.45) is 12.9. The van der Waals surface area contributed by atoms with Gasteiger partial charge in [-0.2, -0.15) is 8.42 Å². The van der Waals surface area contributed by atoms with Crippen molar-refractivity contribution in [2.24, 2.45) is 5.92 Å². The van der Waals surface area contributed by atoms with E-state index >= 15 is 0 Å². The number of hydrogen-bond donors (Lipinski definition) is 2. The summed E-state index contributed by atoms with van der Waals surface area (Å²) >= 11 is 0. The minimum absolute atomic E-state index is 0. The van der Waals surface area contributed by atoms with Gasteiger partial charge < -0.3 is 6.15 Å². The molecule has 0 aromatic heterocycles. The standard InChI is InChI=1S/C17H36O3S.H3N/c1-5-6-7-8-9-10-11-12-13-14-15-17(4,16(2)3)21(18,19)20;/h16H,5-15H2,1-4H3,(H,18,19,20);1H3. The molecule has 1 unspecified atom stereocenters. The highest BCUT2D eigenvalue weighted by Crippen LogP contribution is 2.31. The van der Waals surface area contributed by atoms with Crippen molar-refractivity contribution < 1.29 is 13.0 Å².